The van der Waals surface area contributed by atoms with Crippen molar-refractivity contribution >= 4 is 23.2 Å². The van der Waals surface area contributed by atoms with Crippen molar-refractivity contribution in [3.8, 4) is 11.4 Å². The fourth-order valence-electron chi connectivity index (χ4n) is 1.84. The molecule has 0 radical (unpaired) electrons. The van der Waals surface area contributed by atoms with Crippen molar-refractivity contribution in [2.75, 3.05) is 5.88 Å². The number of nitrogens with zero attached hydrogens (tertiary/aromatic N) is 5. The van der Waals surface area contributed by atoms with Crippen molar-refractivity contribution in [1.82, 2.24) is 25.1 Å². The number of aromatic nitrogens is 5. The van der Waals surface area contributed by atoms with Gasteiger partial charge in [0.25, 0.3) is 0 Å². The molecular formula is C13H11Cl2N5O. The van der Waals surface area contributed by atoms with Crippen LogP contribution in [-0.2, 0) is 13.0 Å². The number of benzene rings is 1. The zero-order chi connectivity index (χ0) is 14.7. The van der Waals surface area contributed by atoms with Crippen molar-refractivity contribution in [3.63, 3.8) is 0 Å². The van der Waals surface area contributed by atoms with Crippen LogP contribution in [-0.4, -0.2) is 31.0 Å². The molecule has 0 aliphatic rings. The third-order valence-corrected chi connectivity index (χ3v) is 3.34. The summed E-state index contributed by atoms with van der Waals surface area (Å²) in [5.74, 6) is 1.40. The van der Waals surface area contributed by atoms with Gasteiger partial charge in [0.1, 0.15) is 6.54 Å². The first-order valence-electron chi connectivity index (χ1n) is 6.28. The topological polar surface area (TPSA) is 69.6 Å². The zero-order valence-electron chi connectivity index (χ0n) is 10.9. The Balaban J connectivity index is 1.77. The Labute approximate surface area is 130 Å². The second-order valence-electron chi connectivity index (χ2n) is 4.34. The quantitative estimate of drug-likeness (QED) is 0.675. The van der Waals surface area contributed by atoms with E-state index in [4.69, 9.17) is 27.7 Å². The number of rotatable bonds is 5. The minimum Gasteiger partial charge on any atom is -0.337 e. The molecule has 0 N–H and O–H groups in total. The van der Waals surface area contributed by atoms with E-state index in [2.05, 4.69) is 20.5 Å². The Morgan fingerprint density at radius 1 is 1.24 bits per heavy atom. The summed E-state index contributed by atoms with van der Waals surface area (Å²) in [5.41, 5.74) is 1.56. The van der Waals surface area contributed by atoms with Gasteiger partial charge >= 0.3 is 0 Å². The van der Waals surface area contributed by atoms with E-state index in [1.807, 2.05) is 24.4 Å². The average molecular weight is 324 g/mol. The molecule has 3 rings (SSSR count). The number of hydrogen-bond donors (Lipinski definition) is 0. The molecule has 0 unspecified atom stereocenters. The third kappa shape index (κ3) is 3.22. The molecule has 2 aromatic heterocycles. The maximum Gasteiger partial charge on any atom is 0.248 e. The lowest BCUT2D eigenvalue weighted by Crippen LogP contribution is -2.00. The molecule has 0 amide bonds. The molecule has 0 saturated heterocycles. The van der Waals surface area contributed by atoms with Crippen LogP contribution < -0.4 is 0 Å². The van der Waals surface area contributed by atoms with Crippen LogP contribution in [0.4, 0.5) is 0 Å². The van der Waals surface area contributed by atoms with Crippen molar-refractivity contribution in [1.29, 1.82) is 0 Å². The highest BCUT2D eigenvalue weighted by atomic mass is 35.5. The summed E-state index contributed by atoms with van der Waals surface area (Å²) in [5, 5.41) is 12.5. The number of alkyl halides is 1. The highest BCUT2D eigenvalue weighted by Crippen LogP contribution is 2.24. The van der Waals surface area contributed by atoms with Gasteiger partial charge in [0.05, 0.1) is 10.7 Å². The Morgan fingerprint density at radius 3 is 2.90 bits per heavy atom. The Morgan fingerprint density at radius 2 is 2.10 bits per heavy atom. The van der Waals surface area contributed by atoms with E-state index in [-0.39, 0.29) is 0 Å². The molecule has 2 heterocycles. The molecule has 0 atom stereocenters. The summed E-state index contributed by atoms with van der Waals surface area (Å²) in [7, 11) is 0. The van der Waals surface area contributed by atoms with E-state index in [1.165, 1.54) is 0 Å². The first-order valence-corrected chi connectivity index (χ1v) is 7.20. The molecular weight excluding hydrogens is 313 g/mol. The highest BCUT2D eigenvalue weighted by Gasteiger charge is 2.12. The number of halogens is 2. The van der Waals surface area contributed by atoms with Crippen LogP contribution in [0, 0.1) is 0 Å². The largest absolute Gasteiger partial charge is 0.337 e. The van der Waals surface area contributed by atoms with Gasteiger partial charge in [0.2, 0.25) is 11.7 Å². The smallest absolute Gasteiger partial charge is 0.248 e. The second kappa shape index (κ2) is 6.24. The van der Waals surface area contributed by atoms with E-state index < -0.39 is 0 Å². The number of aryl methyl sites for hydroxylation is 1. The van der Waals surface area contributed by atoms with E-state index in [9.17, 15) is 0 Å². The number of hydrogen-bond acceptors (Lipinski definition) is 5. The van der Waals surface area contributed by atoms with Gasteiger partial charge in [0, 0.05) is 24.1 Å². The van der Waals surface area contributed by atoms with Gasteiger partial charge in [-0.3, -0.25) is 0 Å². The van der Waals surface area contributed by atoms with Crippen molar-refractivity contribution in [2.45, 2.75) is 13.0 Å². The van der Waals surface area contributed by atoms with Gasteiger partial charge in [-0.15, -0.1) is 16.7 Å². The normalized spacial score (nSPS) is 11.0. The van der Waals surface area contributed by atoms with Gasteiger partial charge in [-0.2, -0.15) is 4.98 Å². The lowest BCUT2D eigenvalue weighted by atomic mass is 10.2. The average Bonchev–Trinajstić information content (AvgIpc) is 3.10. The zero-order valence-corrected chi connectivity index (χ0v) is 12.4. The van der Waals surface area contributed by atoms with Crippen LogP contribution in [0.5, 0.6) is 0 Å². The minimum atomic E-state index is 0.354. The molecule has 108 valence electrons. The van der Waals surface area contributed by atoms with E-state index in [0.717, 1.165) is 11.3 Å². The van der Waals surface area contributed by atoms with Crippen molar-refractivity contribution in [2.24, 2.45) is 0 Å². The first kappa shape index (κ1) is 14.0. The van der Waals surface area contributed by atoms with Gasteiger partial charge < -0.3 is 4.52 Å². The summed E-state index contributed by atoms with van der Waals surface area (Å²) >= 11 is 11.8. The van der Waals surface area contributed by atoms with Gasteiger partial charge in [0.15, 0.2) is 0 Å². The fourth-order valence-corrected chi connectivity index (χ4v) is 2.25. The monoisotopic (exact) mass is 323 g/mol. The molecule has 0 bridgehead atoms. The van der Waals surface area contributed by atoms with Gasteiger partial charge in [-0.1, -0.05) is 34.1 Å². The summed E-state index contributed by atoms with van der Waals surface area (Å²) in [6, 6.07) is 7.33. The summed E-state index contributed by atoms with van der Waals surface area (Å²) in [4.78, 5) is 4.31. The van der Waals surface area contributed by atoms with E-state index in [0.29, 0.717) is 35.6 Å². The van der Waals surface area contributed by atoms with E-state index >= 15 is 0 Å². The van der Waals surface area contributed by atoms with Crippen LogP contribution in [0.3, 0.4) is 0 Å². The van der Waals surface area contributed by atoms with Gasteiger partial charge in [-0.25, -0.2) is 4.68 Å². The van der Waals surface area contributed by atoms with Crippen LogP contribution in [0.1, 0.15) is 11.6 Å². The fraction of sp³-hybridized carbons (Fsp3) is 0.231. The maximum absolute atomic E-state index is 6.10. The molecule has 0 spiro atoms. The van der Waals surface area contributed by atoms with Gasteiger partial charge in [-0.05, 0) is 12.1 Å². The Hall–Kier alpha value is -1.92. The predicted octanol–water partition coefficient (Wildman–Crippen LogP) is 2.81. The Kier molecular flexibility index (Phi) is 4.17. The molecule has 1 aromatic carbocycles. The van der Waals surface area contributed by atoms with Crippen LogP contribution in [0.2, 0.25) is 5.02 Å². The van der Waals surface area contributed by atoms with Crippen LogP contribution >= 0.6 is 23.2 Å². The van der Waals surface area contributed by atoms with E-state index in [1.54, 1.807) is 10.7 Å². The molecule has 0 aliphatic heterocycles. The SMILES string of the molecule is ClCCc1cn(Cc2nc(-c3ccccc3Cl)no2)nn1. The molecule has 6 nitrogen and oxygen atoms in total. The second-order valence-corrected chi connectivity index (χ2v) is 5.12. The molecule has 0 saturated carbocycles. The lowest BCUT2D eigenvalue weighted by Gasteiger charge is -1.96. The molecule has 8 heteroatoms. The van der Waals surface area contributed by atoms with Crippen LogP contribution in [0.15, 0.2) is 35.0 Å². The lowest BCUT2D eigenvalue weighted by molar-refractivity contribution is 0.364. The third-order valence-electron chi connectivity index (χ3n) is 2.82. The van der Waals surface area contributed by atoms with Crippen LogP contribution in [0.25, 0.3) is 11.4 Å². The molecule has 3 aromatic rings. The minimum absolute atomic E-state index is 0.354. The van der Waals surface area contributed by atoms with Crippen molar-refractivity contribution < 1.29 is 4.52 Å². The molecule has 21 heavy (non-hydrogen) atoms. The summed E-state index contributed by atoms with van der Waals surface area (Å²) in [6.07, 6.45) is 2.48. The maximum atomic E-state index is 6.10. The summed E-state index contributed by atoms with van der Waals surface area (Å²) in [6.45, 7) is 0.354. The predicted molar refractivity (Wildman–Crippen MR) is 78.3 cm³/mol. The standard InChI is InChI=1S/C13H11Cl2N5O/c14-6-5-9-7-20(19-17-9)8-12-16-13(18-21-12)10-3-1-2-4-11(10)15/h1-4,7H,5-6,8H2. The first-order chi connectivity index (χ1) is 10.3. The molecule has 0 aliphatic carbocycles. The summed E-state index contributed by atoms with van der Waals surface area (Å²) < 4.78 is 6.84. The van der Waals surface area contributed by atoms with Crippen molar-refractivity contribution in [3.05, 3.63) is 47.1 Å². The molecule has 0 fully saturated rings. The Bertz CT molecular complexity index is 740. The highest BCUT2D eigenvalue weighted by molar-refractivity contribution is 6.33.